The number of rotatable bonds is 3. The Bertz CT molecular complexity index is 776. The van der Waals surface area contributed by atoms with Crippen LogP contribution in [0.2, 0.25) is 0 Å². The van der Waals surface area contributed by atoms with Gasteiger partial charge in [-0.1, -0.05) is 18.2 Å². The van der Waals surface area contributed by atoms with Gasteiger partial charge in [-0.3, -0.25) is 5.43 Å². The van der Waals surface area contributed by atoms with Crippen LogP contribution in [-0.4, -0.2) is 16.2 Å². The van der Waals surface area contributed by atoms with Crippen molar-refractivity contribution in [1.82, 2.24) is 9.97 Å². The van der Waals surface area contributed by atoms with Gasteiger partial charge in [0.1, 0.15) is 5.82 Å². The Kier molecular flexibility index (Phi) is 3.43. The molecule has 0 bridgehead atoms. The maximum atomic E-state index is 4.53. The molecule has 5 heteroatoms. The molecule has 0 atom stereocenters. The summed E-state index contributed by atoms with van der Waals surface area (Å²) in [6.07, 6.45) is 1.70. The average molecular weight is 282 g/mol. The van der Waals surface area contributed by atoms with Crippen LogP contribution in [0.15, 0.2) is 40.8 Å². The predicted molar refractivity (Wildman–Crippen MR) is 84.5 cm³/mol. The minimum Gasteiger partial charge on any atom is -0.261 e. The van der Waals surface area contributed by atoms with Gasteiger partial charge < -0.3 is 0 Å². The van der Waals surface area contributed by atoms with Gasteiger partial charge in [0, 0.05) is 10.8 Å². The molecule has 0 amide bonds. The third kappa shape index (κ3) is 2.67. The van der Waals surface area contributed by atoms with Crippen molar-refractivity contribution < 1.29 is 0 Å². The summed E-state index contributed by atoms with van der Waals surface area (Å²) in [5.41, 5.74) is 5.96. The van der Waals surface area contributed by atoms with Crippen LogP contribution in [-0.2, 0) is 0 Å². The highest BCUT2D eigenvalue weighted by Gasteiger charge is 2.01. The first kappa shape index (κ1) is 12.7. The van der Waals surface area contributed by atoms with E-state index >= 15 is 0 Å². The van der Waals surface area contributed by atoms with Gasteiger partial charge >= 0.3 is 0 Å². The molecular weight excluding hydrogens is 268 g/mol. The van der Waals surface area contributed by atoms with Gasteiger partial charge in [-0.15, -0.1) is 11.3 Å². The fourth-order valence-electron chi connectivity index (χ4n) is 2.01. The maximum Gasteiger partial charge on any atom is 0.147 e. The summed E-state index contributed by atoms with van der Waals surface area (Å²) in [7, 11) is 0. The molecule has 0 aliphatic carbocycles. The topological polar surface area (TPSA) is 50.2 Å². The molecule has 0 fully saturated rings. The van der Waals surface area contributed by atoms with E-state index in [9.17, 15) is 0 Å². The van der Waals surface area contributed by atoms with Crippen molar-refractivity contribution in [3.05, 3.63) is 52.0 Å². The van der Waals surface area contributed by atoms with Gasteiger partial charge in [0.05, 0.1) is 22.4 Å². The molecule has 0 aliphatic heterocycles. The molecule has 1 N–H and O–H groups in total. The lowest BCUT2D eigenvalue weighted by Crippen LogP contribution is -1.95. The molecular formula is C15H14N4S. The SMILES string of the molecule is Cc1nc(/C=N/Nc2cc(C)c3ccccc3n2)cs1. The van der Waals surface area contributed by atoms with Crippen molar-refractivity contribution in [3.8, 4) is 0 Å². The van der Waals surface area contributed by atoms with Crippen LogP contribution in [0.4, 0.5) is 5.82 Å². The van der Waals surface area contributed by atoms with E-state index in [0.717, 1.165) is 27.4 Å². The number of pyridine rings is 1. The van der Waals surface area contributed by atoms with Crippen molar-refractivity contribution in [2.24, 2.45) is 5.10 Å². The van der Waals surface area contributed by atoms with Crippen LogP contribution in [0.1, 0.15) is 16.3 Å². The van der Waals surface area contributed by atoms with Crippen molar-refractivity contribution in [2.75, 3.05) is 5.43 Å². The van der Waals surface area contributed by atoms with Gasteiger partial charge in [-0.05, 0) is 31.5 Å². The van der Waals surface area contributed by atoms with Gasteiger partial charge in [0.2, 0.25) is 0 Å². The smallest absolute Gasteiger partial charge is 0.147 e. The van der Waals surface area contributed by atoms with Gasteiger partial charge in [0.25, 0.3) is 0 Å². The number of hydrazone groups is 1. The van der Waals surface area contributed by atoms with Crippen molar-refractivity contribution in [1.29, 1.82) is 0 Å². The largest absolute Gasteiger partial charge is 0.261 e. The van der Waals surface area contributed by atoms with E-state index < -0.39 is 0 Å². The third-order valence-electron chi connectivity index (χ3n) is 2.94. The quantitative estimate of drug-likeness (QED) is 0.588. The fourth-order valence-corrected chi connectivity index (χ4v) is 2.57. The summed E-state index contributed by atoms with van der Waals surface area (Å²) in [5.74, 6) is 0.740. The number of aromatic nitrogens is 2. The van der Waals surface area contributed by atoms with E-state index in [1.54, 1.807) is 17.6 Å². The molecule has 0 saturated heterocycles. The second-order valence-electron chi connectivity index (χ2n) is 4.50. The van der Waals surface area contributed by atoms with Gasteiger partial charge in [-0.2, -0.15) is 5.10 Å². The van der Waals surface area contributed by atoms with Gasteiger partial charge in [0.15, 0.2) is 0 Å². The van der Waals surface area contributed by atoms with E-state index in [1.807, 2.05) is 36.6 Å². The van der Waals surface area contributed by atoms with Crippen LogP contribution in [0.3, 0.4) is 0 Å². The average Bonchev–Trinajstić information content (AvgIpc) is 2.85. The molecule has 0 radical (unpaired) electrons. The normalized spacial score (nSPS) is 11.3. The van der Waals surface area contributed by atoms with E-state index in [2.05, 4.69) is 33.5 Å². The molecule has 2 aromatic heterocycles. The lowest BCUT2D eigenvalue weighted by atomic mass is 10.1. The number of benzene rings is 1. The second-order valence-corrected chi connectivity index (χ2v) is 5.57. The minimum atomic E-state index is 0.740. The first-order valence-electron chi connectivity index (χ1n) is 6.30. The van der Waals surface area contributed by atoms with Crippen LogP contribution < -0.4 is 5.43 Å². The van der Waals surface area contributed by atoms with Crippen molar-refractivity contribution in [2.45, 2.75) is 13.8 Å². The first-order valence-corrected chi connectivity index (χ1v) is 7.18. The maximum absolute atomic E-state index is 4.53. The Morgan fingerprint density at radius 2 is 2.05 bits per heavy atom. The summed E-state index contributed by atoms with van der Waals surface area (Å²) in [4.78, 5) is 8.85. The summed E-state index contributed by atoms with van der Waals surface area (Å²) < 4.78 is 0. The molecule has 100 valence electrons. The number of hydrogen-bond acceptors (Lipinski definition) is 5. The highest BCUT2D eigenvalue weighted by molar-refractivity contribution is 7.09. The molecule has 4 nitrogen and oxygen atoms in total. The highest BCUT2D eigenvalue weighted by Crippen LogP contribution is 2.19. The summed E-state index contributed by atoms with van der Waals surface area (Å²) in [6.45, 7) is 4.05. The highest BCUT2D eigenvalue weighted by atomic mass is 32.1. The summed E-state index contributed by atoms with van der Waals surface area (Å²) >= 11 is 1.61. The summed E-state index contributed by atoms with van der Waals surface area (Å²) in [5, 5.41) is 8.35. The van der Waals surface area contributed by atoms with Crippen LogP contribution >= 0.6 is 11.3 Å². The molecule has 1 aromatic carbocycles. The molecule has 2 heterocycles. The zero-order valence-corrected chi connectivity index (χ0v) is 12.1. The molecule has 0 spiro atoms. The number of fused-ring (bicyclic) bond motifs is 1. The zero-order chi connectivity index (χ0) is 13.9. The lowest BCUT2D eigenvalue weighted by Gasteiger charge is -2.05. The molecule has 3 aromatic rings. The van der Waals surface area contributed by atoms with E-state index in [-0.39, 0.29) is 0 Å². The van der Waals surface area contributed by atoms with E-state index in [4.69, 9.17) is 0 Å². The number of thiazole rings is 1. The number of aryl methyl sites for hydroxylation is 2. The van der Waals surface area contributed by atoms with Crippen molar-refractivity contribution >= 4 is 34.3 Å². The minimum absolute atomic E-state index is 0.740. The van der Waals surface area contributed by atoms with Crippen LogP contribution in [0, 0.1) is 13.8 Å². The second kappa shape index (κ2) is 5.38. The standard InChI is InChI=1S/C15H14N4S/c1-10-7-15(18-14-6-4-3-5-13(10)14)19-16-8-12-9-20-11(2)17-12/h3-9H,1-2H3,(H,18,19)/b16-8+. The Morgan fingerprint density at radius 3 is 2.85 bits per heavy atom. The van der Waals surface area contributed by atoms with Gasteiger partial charge in [-0.25, -0.2) is 9.97 Å². The number of nitrogens with one attached hydrogen (secondary N) is 1. The van der Waals surface area contributed by atoms with Crippen molar-refractivity contribution in [3.63, 3.8) is 0 Å². The Labute approximate surface area is 121 Å². The predicted octanol–water partition coefficient (Wildman–Crippen LogP) is 3.75. The van der Waals surface area contributed by atoms with Crippen LogP contribution in [0.5, 0.6) is 0 Å². The molecule has 20 heavy (non-hydrogen) atoms. The Balaban J connectivity index is 1.82. The van der Waals surface area contributed by atoms with E-state index in [0.29, 0.717) is 0 Å². The zero-order valence-electron chi connectivity index (χ0n) is 11.3. The van der Waals surface area contributed by atoms with Crippen LogP contribution in [0.25, 0.3) is 10.9 Å². The molecule has 0 unspecified atom stereocenters. The lowest BCUT2D eigenvalue weighted by molar-refractivity contribution is 1.23. The first-order chi connectivity index (χ1) is 9.72. The Morgan fingerprint density at radius 1 is 1.20 bits per heavy atom. The number of anilines is 1. The Hall–Kier alpha value is -2.27. The number of hydrogen-bond donors (Lipinski definition) is 1. The number of nitrogens with zero attached hydrogens (tertiary/aromatic N) is 3. The molecule has 0 saturated carbocycles. The number of para-hydroxylation sites is 1. The monoisotopic (exact) mass is 282 g/mol. The molecule has 3 rings (SSSR count). The third-order valence-corrected chi connectivity index (χ3v) is 3.73. The summed E-state index contributed by atoms with van der Waals surface area (Å²) in [6, 6.07) is 10.1. The van der Waals surface area contributed by atoms with E-state index in [1.165, 1.54) is 5.56 Å². The fraction of sp³-hybridized carbons (Fsp3) is 0.133. The molecule has 0 aliphatic rings.